The monoisotopic (exact) mass is 323 g/mol. The van der Waals surface area contributed by atoms with Crippen LogP contribution < -0.4 is 5.32 Å². The molecule has 0 radical (unpaired) electrons. The van der Waals surface area contributed by atoms with Gasteiger partial charge in [-0.2, -0.15) is 0 Å². The zero-order valence-electron chi connectivity index (χ0n) is 13.6. The molecule has 0 unspecified atom stereocenters. The fourth-order valence-corrected chi connectivity index (χ4v) is 2.91. The lowest BCUT2D eigenvalue weighted by Crippen LogP contribution is -2.11. The SMILES string of the molecule is O=C(Nc1ccc2ccccc2c1)c1ccc(-c2ccccc2)cc1. The first-order valence-electron chi connectivity index (χ1n) is 8.25. The van der Waals surface area contributed by atoms with Crippen LogP contribution in [0.4, 0.5) is 5.69 Å². The highest BCUT2D eigenvalue weighted by Gasteiger charge is 2.07. The van der Waals surface area contributed by atoms with Gasteiger partial charge in [-0.3, -0.25) is 4.79 Å². The number of carbonyl (C=O) groups excluding carboxylic acids is 1. The topological polar surface area (TPSA) is 29.1 Å². The van der Waals surface area contributed by atoms with E-state index in [0.29, 0.717) is 5.56 Å². The van der Waals surface area contributed by atoms with E-state index in [1.165, 1.54) is 0 Å². The Bertz CT molecular complexity index is 1020. The minimum atomic E-state index is -0.102. The van der Waals surface area contributed by atoms with Crippen LogP contribution in [0.15, 0.2) is 97.1 Å². The molecule has 0 aromatic heterocycles. The highest BCUT2D eigenvalue weighted by molar-refractivity contribution is 6.05. The van der Waals surface area contributed by atoms with E-state index < -0.39 is 0 Å². The molecule has 1 N–H and O–H groups in total. The summed E-state index contributed by atoms with van der Waals surface area (Å²) in [6.07, 6.45) is 0. The van der Waals surface area contributed by atoms with E-state index in [-0.39, 0.29) is 5.91 Å². The van der Waals surface area contributed by atoms with Crippen LogP contribution >= 0.6 is 0 Å². The Labute approximate surface area is 146 Å². The van der Waals surface area contributed by atoms with E-state index in [1.807, 2.05) is 78.9 Å². The highest BCUT2D eigenvalue weighted by Crippen LogP contribution is 2.21. The molecule has 0 atom stereocenters. The van der Waals surface area contributed by atoms with Gasteiger partial charge in [0.2, 0.25) is 0 Å². The van der Waals surface area contributed by atoms with Crippen LogP contribution in [0.5, 0.6) is 0 Å². The van der Waals surface area contributed by atoms with E-state index in [1.54, 1.807) is 0 Å². The Kier molecular flexibility index (Phi) is 4.01. The molecule has 0 saturated carbocycles. The van der Waals surface area contributed by atoms with Crippen molar-refractivity contribution in [2.24, 2.45) is 0 Å². The average Bonchev–Trinajstić information content (AvgIpc) is 2.69. The van der Waals surface area contributed by atoms with Crippen molar-refractivity contribution >= 4 is 22.4 Å². The summed E-state index contributed by atoms with van der Waals surface area (Å²) in [5, 5.41) is 5.24. The molecule has 0 fully saturated rings. The summed E-state index contributed by atoms with van der Waals surface area (Å²) in [4.78, 5) is 12.5. The Morgan fingerprint density at radius 1 is 0.600 bits per heavy atom. The quantitative estimate of drug-likeness (QED) is 0.510. The molecule has 4 aromatic carbocycles. The van der Waals surface area contributed by atoms with Crippen molar-refractivity contribution in [1.82, 2.24) is 0 Å². The lowest BCUT2D eigenvalue weighted by Gasteiger charge is -2.08. The number of fused-ring (bicyclic) bond motifs is 1. The maximum absolute atomic E-state index is 12.5. The van der Waals surface area contributed by atoms with Gasteiger partial charge in [-0.1, -0.05) is 72.8 Å². The smallest absolute Gasteiger partial charge is 0.255 e. The van der Waals surface area contributed by atoms with Gasteiger partial charge in [0.1, 0.15) is 0 Å². The lowest BCUT2D eigenvalue weighted by molar-refractivity contribution is 0.102. The number of hydrogen-bond donors (Lipinski definition) is 1. The van der Waals surface area contributed by atoms with Crippen molar-refractivity contribution in [1.29, 1.82) is 0 Å². The summed E-state index contributed by atoms with van der Waals surface area (Å²) >= 11 is 0. The van der Waals surface area contributed by atoms with E-state index >= 15 is 0 Å². The summed E-state index contributed by atoms with van der Waals surface area (Å²) in [6.45, 7) is 0. The number of amides is 1. The zero-order chi connectivity index (χ0) is 17.1. The summed E-state index contributed by atoms with van der Waals surface area (Å²) in [7, 11) is 0. The van der Waals surface area contributed by atoms with E-state index in [4.69, 9.17) is 0 Å². The Morgan fingerprint density at radius 3 is 2.00 bits per heavy atom. The van der Waals surface area contributed by atoms with Crippen molar-refractivity contribution in [2.45, 2.75) is 0 Å². The number of carbonyl (C=O) groups is 1. The third-order valence-electron chi connectivity index (χ3n) is 4.26. The molecule has 0 heterocycles. The molecule has 0 aliphatic rings. The molecular formula is C23H17NO. The van der Waals surface area contributed by atoms with Gasteiger partial charge in [0.25, 0.3) is 5.91 Å². The molecule has 4 aromatic rings. The van der Waals surface area contributed by atoms with Crippen LogP contribution in [-0.2, 0) is 0 Å². The Balaban J connectivity index is 1.54. The van der Waals surface area contributed by atoms with Crippen LogP contribution in [0.3, 0.4) is 0 Å². The van der Waals surface area contributed by atoms with Gasteiger partial charge in [-0.05, 0) is 46.2 Å². The number of benzene rings is 4. The minimum Gasteiger partial charge on any atom is -0.322 e. The largest absolute Gasteiger partial charge is 0.322 e. The summed E-state index contributed by atoms with van der Waals surface area (Å²) < 4.78 is 0. The first kappa shape index (κ1) is 15.2. The normalized spacial score (nSPS) is 10.6. The van der Waals surface area contributed by atoms with Crippen LogP contribution in [0.1, 0.15) is 10.4 Å². The molecule has 1 amide bonds. The molecule has 25 heavy (non-hydrogen) atoms. The van der Waals surface area contributed by atoms with Gasteiger partial charge in [0.05, 0.1) is 0 Å². The summed E-state index contributed by atoms with van der Waals surface area (Å²) in [5.74, 6) is -0.102. The van der Waals surface area contributed by atoms with Gasteiger partial charge in [-0.15, -0.1) is 0 Å². The number of anilines is 1. The van der Waals surface area contributed by atoms with Gasteiger partial charge < -0.3 is 5.32 Å². The zero-order valence-corrected chi connectivity index (χ0v) is 13.6. The second kappa shape index (κ2) is 6.62. The van der Waals surface area contributed by atoms with E-state index in [2.05, 4.69) is 23.5 Å². The van der Waals surface area contributed by atoms with Gasteiger partial charge >= 0.3 is 0 Å². The number of rotatable bonds is 3. The standard InChI is InChI=1S/C23H17NO/c25-23(24-22-15-14-18-8-4-5-9-21(18)16-22)20-12-10-19(11-13-20)17-6-2-1-3-7-17/h1-16H,(H,24,25). The van der Waals surface area contributed by atoms with E-state index in [0.717, 1.165) is 27.6 Å². The average molecular weight is 323 g/mol. The van der Waals surface area contributed by atoms with Gasteiger partial charge in [-0.25, -0.2) is 0 Å². The molecule has 2 nitrogen and oxygen atoms in total. The second-order valence-corrected chi connectivity index (χ2v) is 5.96. The van der Waals surface area contributed by atoms with Gasteiger partial charge in [0.15, 0.2) is 0 Å². The Hall–Kier alpha value is -3.39. The first-order valence-corrected chi connectivity index (χ1v) is 8.25. The summed E-state index contributed by atoms with van der Waals surface area (Å²) in [6, 6.07) is 31.9. The van der Waals surface area contributed by atoms with Crippen molar-refractivity contribution in [3.05, 3.63) is 103 Å². The molecule has 120 valence electrons. The molecule has 0 saturated heterocycles. The van der Waals surface area contributed by atoms with Crippen LogP contribution in [0.25, 0.3) is 21.9 Å². The molecular weight excluding hydrogens is 306 g/mol. The predicted octanol–water partition coefficient (Wildman–Crippen LogP) is 5.76. The lowest BCUT2D eigenvalue weighted by atomic mass is 10.0. The highest BCUT2D eigenvalue weighted by atomic mass is 16.1. The molecule has 0 spiro atoms. The van der Waals surface area contributed by atoms with E-state index in [9.17, 15) is 4.79 Å². The number of nitrogens with one attached hydrogen (secondary N) is 1. The van der Waals surface area contributed by atoms with Gasteiger partial charge in [0, 0.05) is 11.3 Å². The van der Waals surface area contributed by atoms with Crippen LogP contribution in [0, 0.1) is 0 Å². The molecule has 4 rings (SSSR count). The maximum Gasteiger partial charge on any atom is 0.255 e. The van der Waals surface area contributed by atoms with Crippen molar-refractivity contribution in [3.63, 3.8) is 0 Å². The fraction of sp³-hybridized carbons (Fsp3) is 0. The van der Waals surface area contributed by atoms with Crippen LogP contribution in [0.2, 0.25) is 0 Å². The first-order chi connectivity index (χ1) is 12.3. The Morgan fingerprint density at radius 2 is 1.24 bits per heavy atom. The summed E-state index contributed by atoms with van der Waals surface area (Å²) in [5.41, 5.74) is 3.69. The minimum absolute atomic E-state index is 0.102. The molecule has 0 bridgehead atoms. The third-order valence-corrected chi connectivity index (χ3v) is 4.26. The second-order valence-electron chi connectivity index (χ2n) is 5.96. The predicted molar refractivity (Wildman–Crippen MR) is 104 cm³/mol. The fourth-order valence-electron chi connectivity index (χ4n) is 2.91. The van der Waals surface area contributed by atoms with Crippen molar-refractivity contribution in [2.75, 3.05) is 5.32 Å². The molecule has 0 aliphatic carbocycles. The van der Waals surface area contributed by atoms with Crippen molar-refractivity contribution in [3.8, 4) is 11.1 Å². The molecule has 0 aliphatic heterocycles. The maximum atomic E-state index is 12.5. The van der Waals surface area contributed by atoms with Crippen LogP contribution in [-0.4, -0.2) is 5.91 Å². The third kappa shape index (κ3) is 3.29. The number of hydrogen-bond acceptors (Lipinski definition) is 1. The van der Waals surface area contributed by atoms with Crippen molar-refractivity contribution < 1.29 is 4.79 Å². The molecule has 2 heteroatoms.